The van der Waals surface area contributed by atoms with Gasteiger partial charge in [0.25, 0.3) is 5.56 Å². The molecule has 0 amide bonds. The summed E-state index contributed by atoms with van der Waals surface area (Å²) in [7, 11) is 0. The Labute approximate surface area is 69.5 Å². The Balaban J connectivity index is 0.000000461. The van der Waals surface area contributed by atoms with Gasteiger partial charge in [-0.3, -0.25) is 9.78 Å². The number of hydrogen-bond acceptors (Lipinski definition) is 3. The quantitative estimate of drug-likeness (QED) is 0.513. The van der Waals surface area contributed by atoms with Crippen LogP contribution in [0.2, 0.25) is 0 Å². The van der Waals surface area contributed by atoms with Crippen molar-refractivity contribution in [3.63, 3.8) is 0 Å². The van der Waals surface area contributed by atoms with E-state index < -0.39 is 0 Å². The Morgan fingerprint density at radius 3 is 2.36 bits per heavy atom. The highest BCUT2D eigenvalue weighted by Gasteiger charge is 1.84. The van der Waals surface area contributed by atoms with Gasteiger partial charge in [-0.1, -0.05) is 13.8 Å². The predicted octanol–water partition coefficient (Wildman–Crippen LogP) is 1.04. The van der Waals surface area contributed by atoms with Gasteiger partial charge in [0.2, 0.25) is 0 Å². The van der Waals surface area contributed by atoms with Gasteiger partial charge in [-0.2, -0.15) is 0 Å². The Hall–Kier alpha value is -1.10. The van der Waals surface area contributed by atoms with Crippen LogP contribution in [-0.4, -0.2) is 9.97 Å². The first-order valence-electron chi connectivity index (χ1n) is 3.27. The van der Waals surface area contributed by atoms with Crippen LogP contribution in [0, 0.1) is 4.77 Å². The van der Waals surface area contributed by atoms with Gasteiger partial charge in [0.15, 0.2) is 4.77 Å². The Morgan fingerprint density at radius 1 is 1.45 bits per heavy atom. The van der Waals surface area contributed by atoms with Crippen molar-refractivity contribution in [1.29, 1.82) is 0 Å². The molecule has 0 saturated carbocycles. The van der Waals surface area contributed by atoms with Gasteiger partial charge in [-0.05, 0) is 12.2 Å². The molecule has 4 N–H and O–H groups in total. The van der Waals surface area contributed by atoms with Crippen LogP contribution >= 0.6 is 12.2 Å². The van der Waals surface area contributed by atoms with Crippen molar-refractivity contribution < 1.29 is 0 Å². The van der Waals surface area contributed by atoms with Crippen LogP contribution in [0.4, 0.5) is 5.82 Å². The van der Waals surface area contributed by atoms with Gasteiger partial charge in [-0.25, -0.2) is 0 Å². The maximum atomic E-state index is 10.5. The summed E-state index contributed by atoms with van der Waals surface area (Å²) in [6.07, 6.45) is 0. The molecule has 5 heteroatoms. The summed E-state index contributed by atoms with van der Waals surface area (Å²) in [5.41, 5.74) is 4.94. The van der Waals surface area contributed by atoms with Crippen molar-refractivity contribution in [2.24, 2.45) is 0 Å². The van der Waals surface area contributed by atoms with E-state index in [0.29, 0.717) is 0 Å². The third kappa shape index (κ3) is 3.57. The SMILES string of the molecule is CC.Nc1cc(=O)[nH]c(=S)[nH]1. The molecule has 1 rings (SSSR count). The van der Waals surface area contributed by atoms with Crippen molar-refractivity contribution in [1.82, 2.24) is 9.97 Å². The highest BCUT2D eigenvalue weighted by Crippen LogP contribution is 1.84. The molecule has 0 saturated heterocycles. The zero-order valence-electron chi connectivity index (χ0n) is 6.47. The molecule has 0 spiro atoms. The zero-order chi connectivity index (χ0) is 8.85. The van der Waals surface area contributed by atoms with Gasteiger partial charge in [-0.15, -0.1) is 0 Å². The molecule has 0 aliphatic rings. The standard InChI is InChI=1S/C4H5N3OS.C2H6/c5-2-1-3(8)7-4(9)6-2;1-2/h1H,(H4,5,6,7,8,9);1-2H3. The number of H-pyrrole nitrogens is 2. The molecule has 0 bridgehead atoms. The summed E-state index contributed by atoms with van der Waals surface area (Å²) in [4.78, 5) is 15.4. The minimum absolute atomic E-state index is 0.250. The summed E-state index contributed by atoms with van der Waals surface area (Å²) in [6, 6.07) is 1.23. The molecule has 11 heavy (non-hydrogen) atoms. The second-order valence-electron chi connectivity index (χ2n) is 1.54. The van der Waals surface area contributed by atoms with E-state index >= 15 is 0 Å². The fourth-order valence-corrected chi connectivity index (χ4v) is 0.706. The summed E-state index contributed by atoms with van der Waals surface area (Å²) in [5.74, 6) is 0.281. The first-order valence-corrected chi connectivity index (χ1v) is 3.68. The number of anilines is 1. The summed E-state index contributed by atoms with van der Waals surface area (Å²) >= 11 is 4.60. The molecular weight excluding hydrogens is 162 g/mol. The highest BCUT2D eigenvalue weighted by molar-refractivity contribution is 7.71. The summed E-state index contributed by atoms with van der Waals surface area (Å²) < 4.78 is 0.250. The van der Waals surface area contributed by atoms with Crippen LogP contribution in [0.3, 0.4) is 0 Å². The molecule has 1 heterocycles. The monoisotopic (exact) mass is 173 g/mol. The molecule has 0 aliphatic heterocycles. The predicted molar refractivity (Wildman–Crippen MR) is 48.0 cm³/mol. The fraction of sp³-hybridized carbons (Fsp3) is 0.333. The molecule has 1 aromatic heterocycles. The summed E-state index contributed by atoms with van der Waals surface area (Å²) in [5, 5.41) is 0. The number of hydrogen-bond donors (Lipinski definition) is 3. The van der Waals surface area contributed by atoms with E-state index in [2.05, 4.69) is 22.2 Å². The topological polar surface area (TPSA) is 74.7 Å². The van der Waals surface area contributed by atoms with Crippen molar-refractivity contribution in [2.75, 3.05) is 5.73 Å². The average molecular weight is 173 g/mol. The minimum Gasteiger partial charge on any atom is -0.385 e. The third-order valence-corrected chi connectivity index (χ3v) is 0.985. The van der Waals surface area contributed by atoms with E-state index in [4.69, 9.17) is 5.73 Å². The second-order valence-corrected chi connectivity index (χ2v) is 1.95. The lowest BCUT2D eigenvalue weighted by molar-refractivity contribution is 1.10. The second kappa shape index (κ2) is 4.68. The van der Waals surface area contributed by atoms with E-state index in [1.807, 2.05) is 13.8 Å². The Morgan fingerprint density at radius 2 is 2.00 bits per heavy atom. The Kier molecular flexibility index (Phi) is 4.21. The molecule has 62 valence electrons. The van der Waals surface area contributed by atoms with Crippen LogP contribution < -0.4 is 11.3 Å². The molecule has 1 aromatic rings. The van der Waals surface area contributed by atoms with Crippen molar-refractivity contribution in [3.8, 4) is 0 Å². The lowest BCUT2D eigenvalue weighted by Gasteiger charge is -1.87. The largest absolute Gasteiger partial charge is 0.385 e. The van der Waals surface area contributed by atoms with Gasteiger partial charge < -0.3 is 10.7 Å². The third-order valence-electron chi connectivity index (χ3n) is 0.781. The normalized spacial score (nSPS) is 8.18. The smallest absolute Gasteiger partial charge is 0.253 e. The molecular formula is C6H11N3OS. The molecule has 4 nitrogen and oxygen atoms in total. The number of aromatic amines is 2. The number of nitrogens with two attached hydrogens (primary N) is 1. The molecule has 0 unspecified atom stereocenters. The van der Waals surface area contributed by atoms with Crippen LogP contribution in [0.1, 0.15) is 13.8 Å². The number of aromatic nitrogens is 2. The van der Waals surface area contributed by atoms with Gasteiger partial charge in [0.05, 0.1) is 0 Å². The molecule has 0 fully saturated rings. The number of nitrogens with one attached hydrogen (secondary N) is 2. The Bertz CT molecular complexity index is 286. The van der Waals surface area contributed by atoms with E-state index in [-0.39, 0.29) is 16.1 Å². The van der Waals surface area contributed by atoms with Gasteiger partial charge in [0, 0.05) is 6.07 Å². The van der Waals surface area contributed by atoms with Crippen molar-refractivity contribution in [2.45, 2.75) is 13.8 Å². The maximum absolute atomic E-state index is 10.5. The van der Waals surface area contributed by atoms with Crippen molar-refractivity contribution in [3.05, 3.63) is 21.2 Å². The first kappa shape index (κ1) is 9.90. The highest BCUT2D eigenvalue weighted by atomic mass is 32.1. The molecule has 0 atom stereocenters. The maximum Gasteiger partial charge on any atom is 0.253 e. The molecule has 0 aromatic carbocycles. The molecule has 0 aliphatic carbocycles. The molecule has 0 radical (unpaired) electrons. The first-order chi connectivity index (χ1) is 5.18. The lowest BCUT2D eigenvalue weighted by Crippen LogP contribution is -2.07. The summed E-state index contributed by atoms with van der Waals surface area (Å²) in [6.45, 7) is 4.00. The van der Waals surface area contributed by atoms with Gasteiger partial charge >= 0.3 is 0 Å². The van der Waals surface area contributed by atoms with E-state index in [1.165, 1.54) is 6.07 Å². The van der Waals surface area contributed by atoms with Crippen LogP contribution in [0.5, 0.6) is 0 Å². The van der Waals surface area contributed by atoms with Crippen molar-refractivity contribution >= 4 is 18.0 Å². The lowest BCUT2D eigenvalue weighted by atomic mass is 10.6. The average Bonchev–Trinajstić information content (AvgIpc) is 1.88. The minimum atomic E-state index is -0.281. The van der Waals surface area contributed by atoms with E-state index in [0.717, 1.165) is 0 Å². The van der Waals surface area contributed by atoms with Crippen LogP contribution in [0.25, 0.3) is 0 Å². The number of rotatable bonds is 0. The van der Waals surface area contributed by atoms with E-state index in [1.54, 1.807) is 0 Å². The zero-order valence-corrected chi connectivity index (χ0v) is 7.29. The van der Waals surface area contributed by atoms with Crippen LogP contribution in [-0.2, 0) is 0 Å². The number of nitrogen functional groups attached to an aromatic ring is 1. The van der Waals surface area contributed by atoms with Crippen LogP contribution in [0.15, 0.2) is 10.9 Å². The van der Waals surface area contributed by atoms with E-state index in [9.17, 15) is 4.79 Å². The fourth-order valence-electron chi connectivity index (χ4n) is 0.488. The van der Waals surface area contributed by atoms with Gasteiger partial charge in [0.1, 0.15) is 5.82 Å².